The quantitative estimate of drug-likeness (QED) is 0.930. The molecular weight excluding hydrogens is 326 g/mol. The average molecular weight is 344 g/mol. The normalized spacial score (nSPS) is 15.3. The third kappa shape index (κ3) is 2.87. The van der Waals surface area contributed by atoms with Crippen LogP contribution >= 0.6 is 11.6 Å². The summed E-state index contributed by atoms with van der Waals surface area (Å²) < 4.78 is 0. The first-order chi connectivity index (χ1) is 11.3. The first-order valence-electron chi connectivity index (χ1n) is 7.64. The third-order valence-corrected chi connectivity index (χ3v) is 4.40. The number of hydrogen-bond acceptors (Lipinski definition) is 3. The lowest BCUT2D eigenvalue weighted by atomic mass is 9.86. The zero-order valence-corrected chi connectivity index (χ0v) is 14.5. The summed E-state index contributed by atoms with van der Waals surface area (Å²) in [6, 6.07) is 10.7. The third-order valence-electron chi connectivity index (χ3n) is 4.16. The zero-order chi connectivity index (χ0) is 17.5. The van der Waals surface area contributed by atoms with E-state index in [1.54, 1.807) is 24.3 Å². The van der Waals surface area contributed by atoms with Crippen LogP contribution in [0.2, 0.25) is 5.02 Å². The first-order valence-corrected chi connectivity index (χ1v) is 8.02. The summed E-state index contributed by atoms with van der Waals surface area (Å²) in [7, 11) is 0. The monoisotopic (exact) mass is 343 g/mol. The molecule has 0 atom stereocenters. The summed E-state index contributed by atoms with van der Waals surface area (Å²) in [4.78, 5) is 30.8. The second kappa shape index (κ2) is 5.91. The lowest BCUT2D eigenvalue weighted by Crippen LogP contribution is -2.40. The van der Waals surface area contributed by atoms with Crippen molar-refractivity contribution in [2.45, 2.75) is 26.2 Å². The molecule has 2 heterocycles. The molecule has 0 saturated heterocycles. The smallest absolute Gasteiger partial charge is 0.245 e. The van der Waals surface area contributed by atoms with E-state index in [0.717, 1.165) is 16.9 Å². The number of carbonyl (C=O) groups is 2. The Bertz CT molecular complexity index is 833. The molecule has 1 aromatic carbocycles. The molecule has 0 saturated carbocycles. The van der Waals surface area contributed by atoms with Gasteiger partial charge in [0.1, 0.15) is 12.4 Å². The van der Waals surface area contributed by atoms with Gasteiger partial charge in [0.05, 0.1) is 5.41 Å². The lowest BCUT2D eigenvalue weighted by Gasteiger charge is -2.19. The highest BCUT2D eigenvalue weighted by Gasteiger charge is 2.44. The van der Waals surface area contributed by atoms with Crippen molar-refractivity contribution in [3.8, 4) is 0 Å². The number of aromatic nitrogens is 1. The molecule has 0 bridgehead atoms. The molecule has 1 aromatic heterocycles. The first kappa shape index (κ1) is 16.5. The van der Waals surface area contributed by atoms with Gasteiger partial charge in [0.15, 0.2) is 0 Å². The van der Waals surface area contributed by atoms with E-state index in [-0.39, 0.29) is 18.4 Å². The van der Waals surface area contributed by atoms with Crippen LogP contribution in [0.5, 0.6) is 0 Å². The van der Waals surface area contributed by atoms with Crippen LogP contribution in [0.4, 0.5) is 11.5 Å². The van der Waals surface area contributed by atoms with Crippen molar-refractivity contribution in [1.29, 1.82) is 0 Å². The molecule has 0 aliphatic carbocycles. The van der Waals surface area contributed by atoms with Gasteiger partial charge in [-0.25, -0.2) is 4.98 Å². The Balaban J connectivity index is 1.83. The highest BCUT2D eigenvalue weighted by molar-refractivity contribution is 6.31. The van der Waals surface area contributed by atoms with Crippen molar-refractivity contribution in [2.24, 2.45) is 0 Å². The van der Waals surface area contributed by atoms with Gasteiger partial charge in [-0.1, -0.05) is 17.7 Å². The Labute approximate surface area is 145 Å². The van der Waals surface area contributed by atoms with Gasteiger partial charge in [0, 0.05) is 16.4 Å². The number of nitrogens with one attached hydrogen (secondary N) is 1. The topological polar surface area (TPSA) is 62.3 Å². The van der Waals surface area contributed by atoms with Crippen molar-refractivity contribution in [3.63, 3.8) is 0 Å². The Morgan fingerprint density at radius 2 is 2.04 bits per heavy atom. The molecule has 3 rings (SSSR count). The number of amides is 2. The number of hydrogen-bond donors (Lipinski definition) is 1. The van der Waals surface area contributed by atoms with E-state index < -0.39 is 5.41 Å². The van der Waals surface area contributed by atoms with E-state index in [4.69, 9.17) is 11.6 Å². The molecule has 24 heavy (non-hydrogen) atoms. The van der Waals surface area contributed by atoms with Crippen molar-refractivity contribution in [1.82, 2.24) is 4.98 Å². The number of benzene rings is 1. The van der Waals surface area contributed by atoms with E-state index in [1.165, 1.54) is 4.90 Å². The lowest BCUT2D eigenvalue weighted by molar-refractivity contribution is -0.124. The summed E-state index contributed by atoms with van der Waals surface area (Å²) in [6.45, 7) is 5.46. The fourth-order valence-electron chi connectivity index (χ4n) is 2.90. The Morgan fingerprint density at radius 1 is 1.29 bits per heavy atom. The van der Waals surface area contributed by atoms with E-state index in [2.05, 4.69) is 10.3 Å². The predicted octanol–water partition coefficient (Wildman–Crippen LogP) is 3.31. The van der Waals surface area contributed by atoms with Crippen LogP contribution in [0.25, 0.3) is 0 Å². The minimum Gasteiger partial charge on any atom is -0.309 e. The maximum absolute atomic E-state index is 12.7. The minimum absolute atomic E-state index is 0.0630. The predicted molar refractivity (Wildman–Crippen MR) is 94.4 cm³/mol. The number of aryl methyl sites for hydroxylation is 1. The molecule has 2 aromatic rings. The van der Waals surface area contributed by atoms with Gasteiger partial charge in [-0.3, -0.25) is 9.59 Å². The highest BCUT2D eigenvalue weighted by Crippen LogP contribution is 2.42. The number of anilines is 2. The second-order valence-corrected chi connectivity index (χ2v) is 6.83. The number of fused-ring (bicyclic) bond motifs is 1. The molecule has 1 N–H and O–H groups in total. The fourth-order valence-corrected chi connectivity index (χ4v) is 3.07. The molecule has 5 nitrogen and oxygen atoms in total. The molecule has 0 spiro atoms. The van der Waals surface area contributed by atoms with Crippen molar-refractivity contribution in [2.75, 3.05) is 16.8 Å². The van der Waals surface area contributed by atoms with Gasteiger partial charge >= 0.3 is 0 Å². The maximum Gasteiger partial charge on any atom is 0.245 e. The number of carbonyl (C=O) groups excluding carboxylic acids is 2. The number of rotatable bonds is 3. The molecule has 1 aliphatic rings. The molecule has 0 fully saturated rings. The van der Waals surface area contributed by atoms with Gasteiger partial charge < -0.3 is 10.2 Å². The van der Waals surface area contributed by atoms with Crippen LogP contribution in [0.1, 0.15) is 25.1 Å². The van der Waals surface area contributed by atoms with Crippen LogP contribution in [0.3, 0.4) is 0 Å². The number of nitrogens with zero attached hydrogens (tertiary/aromatic N) is 2. The molecule has 124 valence electrons. The zero-order valence-electron chi connectivity index (χ0n) is 13.8. The Hall–Kier alpha value is -2.40. The van der Waals surface area contributed by atoms with Crippen LogP contribution < -0.4 is 10.2 Å². The number of pyridine rings is 1. The highest BCUT2D eigenvalue weighted by atomic mass is 35.5. The summed E-state index contributed by atoms with van der Waals surface area (Å²) >= 11 is 6.06. The molecule has 0 unspecified atom stereocenters. The SMILES string of the molecule is Cc1cccc(NC(=O)CN2C(=O)C(C)(C)c3cc(Cl)ccc32)n1. The van der Waals surface area contributed by atoms with Gasteiger partial charge in [-0.2, -0.15) is 0 Å². The van der Waals surface area contributed by atoms with Gasteiger partial charge in [-0.05, 0) is 56.7 Å². The summed E-state index contributed by atoms with van der Waals surface area (Å²) in [6.07, 6.45) is 0. The fraction of sp³-hybridized carbons (Fsp3) is 0.278. The van der Waals surface area contributed by atoms with Crippen molar-refractivity contribution < 1.29 is 9.59 Å². The van der Waals surface area contributed by atoms with E-state index in [1.807, 2.05) is 32.9 Å². The molecule has 0 radical (unpaired) electrons. The molecular formula is C18H18ClN3O2. The summed E-state index contributed by atoms with van der Waals surface area (Å²) in [5.74, 6) is 0.0643. The van der Waals surface area contributed by atoms with Gasteiger partial charge in [-0.15, -0.1) is 0 Å². The van der Waals surface area contributed by atoms with E-state index >= 15 is 0 Å². The summed E-state index contributed by atoms with van der Waals surface area (Å²) in [5.41, 5.74) is 1.66. The Morgan fingerprint density at radius 3 is 2.75 bits per heavy atom. The van der Waals surface area contributed by atoms with Crippen molar-refractivity contribution >= 4 is 34.9 Å². The maximum atomic E-state index is 12.7. The standard InChI is InChI=1S/C18H18ClN3O2/c1-11-5-4-6-15(20-11)21-16(23)10-22-14-8-7-12(19)9-13(14)18(2,3)17(22)24/h4-9H,10H2,1-3H3,(H,20,21,23). The minimum atomic E-state index is -0.706. The van der Waals surface area contributed by atoms with Crippen LogP contribution in [-0.2, 0) is 15.0 Å². The van der Waals surface area contributed by atoms with Gasteiger partial charge in [0.2, 0.25) is 11.8 Å². The molecule has 2 amide bonds. The Kier molecular flexibility index (Phi) is 4.05. The number of halogens is 1. The van der Waals surface area contributed by atoms with Crippen molar-refractivity contribution in [3.05, 3.63) is 52.7 Å². The average Bonchev–Trinajstić information content (AvgIpc) is 2.68. The largest absolute Gasteiger partial charge is 0.309 e. The molecule has 1 aliphatic heterocycles. The van der Waals surface area contributed by atoms with E-state index in [9.17, 15) is 9.59 Å². The van der Waals surface area contributed by atoms with Crippen LogP contribution in [0, 0.1) is 6.92 Å². The van der Waals surface area contributed by atoms with E-state index in [0.29, 0.717) is 10.8 Å². The van der Waals surface area contributed by atoms with Crippen LogP contribution in [0.15, 0.2) is 36.4 Å². The second-order valence-electron chi connectivity index (χ2n) is 6.39. The summed E-state index contributed by atoms with van der Waals surface area (Å²) in [5, 5.41) is 3.30. The van der Waals surface area contributed by atoms with Crippen LogP contribution in [-0.4, -0.2) is 23.3 Å². The molecule has 6 heteroatoms. The van der Waals surface area contributed by atoms with Gasteiger partial charge in [0.25, 0.3) is 0 Å².